The van der Waals surface area contributed by atoms with Gasteiger partial charge < -0.3 is 9.84 Å². The van der Waals surface area contributed by atoms with Gasteiger partial charge in [-0.1, -0.05) is 6.92 Å². The van der Waals surface area contributed by atoms with Gasteiger partial charge in [0.05, 0.1) is 6.61 Å². The summed E-state index contributed by atoms with van der Waals surface area (Å²) in [6, 6.07) is 3.77. The van der Waals surface area contributed by atoms with Crippen LogP contribution >= 0.6 is 0 Å². The molecule has 0 fully saturated rings. The van der Waals surface area contributed by atoms with Crippen LogP contribution in [0, 0.1) is 0 Å². The Hall–Kier alpha value is -1.95. The van der Waals surface area contributed by atoms with Crippen molar-refractivity contribution in [1.82, 2.24) is 19.7 Å². The van der Waals surface area contributed by atoms with Crippen LogP contribution in [-0.4, -0.2) is 24.9 Å². The van der Waals surface area contributed by atoms with Crippen LogP contribution in [0.4, 0.5) is 0 Å². The van der Waals surface area contributed by atoms with E-state index in [1.165, 1.54) is 0 Å². The third-order valence-electron chi connectivity index (χ3n) is 2.23. The smallest absolute Gasteiger partial charge is 0.342 e. The number of rotatable bonds is 4. The fourth-order valence-corrected chi connectivity index (χ4v) is 1.40. The highest BCUT2D eigenvalue weighted by molar-refractivity contribution is 5.26. The molecule has 6 nitrogen and oxygen atoms in total. The molecule has 0 saturated carbocycles. The van der Waals surface area contributed by atoms with Crippen molar-refractivity contribution in [2.45, 2.75) is 20.0 Å². The Balaban J connectivity index is 2.25. The van der Waals surface area contributed by atoms with Gasteiger partial charge in [0.15, 0.2) is 0 Å². The molecule has 2 heterocycles. The lowest BCUT2D eigenvalue weighted by atomic mass is 10.2. The molecule has 0 aliphatic heterocycles. The van der Waals surface area contributed by atoms with E-state index in [-0.39, 0.29) is 12.6 Å². The van der Waals surface area contributed by atoms with Gasteiger partial charge in [-0.3, -0.25) is 4.68 Å². The lowest BCUT2D eigenvalue weighted by Gasteiger charge is -2.05. The van der Waals surface area contributed by atoms with Gasteiger partial charge in [-0.05, 0) is 18.1 Å². The first-order valence-corrected chi connectivity index (χ1v) is 5.35. The number of ether oxygens (including phenoxy) is 1. The minimum atomic E-state index is -0.0402. The molecule has 0 aromatic carbocycles. The van der Waals surface area contributed by atoms with E-state index < -0.39 is 0 Å². The second-order valence-electron chi connectivity index (χ2n) is 3.62. The number of aromatic nitrogens is 4. The third-order valence-corrected chi connectivity index (χ3v) is 2.23. The van der Waals surface area contributed by atoms with Crippen LogP contribution in [0.15, 0.2) is 18.5 Å². The van der Waals surface area contributed by atoms with Gasteiger partial charge in [0, 0.05) is 18.8 Å². The van der Waals surface area contributed by atoms with Crippen molar-refractivity contribution >= 4 is 0 Å². The second kappa shape index (κ2) is 4.92. The molecule has 17 heavy (non-hydrogen) atoms. The van der Waals surface area contributed by atoms with Crippen molar-refractivity contribution in [2.24, 2.45) is 7.05 Å². The fraction of sp³-hybridized carbons (Fsp3) is 0.364. The molecular weight excluding hydrogens is 220 g/mol. The van der Waals surface area contributed by atoms with E-state index in [9.17, 15) is 0 Å². The number of pyridine rings is 1. The van der Waals surface area contributed by atoms with Crippen LogP contribution in [0.1, 0.15) is 18.2 Å². The van der Waals surface area contributed by atoms with Crippen LogP contribution in [0.5, 0.6) is 11.9 Å². The van der Waals surface area contributed by atoms with Gasteiger partial charge in [0.25, 0.3) is 0 Å². The van der Waals surface area contributed by atoms with E-state index in [1.54, 1.807) is 24.1 Å². The van der Waals surface area contributed by atoms with Crippen molar-refractivity contribution in [3.63, 3.8) is 0 Å². The molecule has 2 rings (SSSR count). The summed E-state index contributed by atoms with van der Waals surface area (Å²) in [4.78, 5) is 8.23. The minimum absolute atomic E-state index is 0.0402. The SMILES string of the molecule is CCc1cc(CO)cc(Oc2ncn(C)n2)n1. The highest BCUT2D eigenvalue weighted by Gasteiger charge is 2.06. The lowest BCUT2D eigenvalue weighted by Crippen LogP contribution is -1.97. The predicted molar refractivity (Wildman–Crippen MR) is 60.6 cm³/mol. The van der Waals surface area contributed by atoms with Gasteiger partial charge in [-0.15, -0.1) is 5.10 Å². The molecule has 0 aliphatic carbocycles. The Labute approximate surface area is 98.9 Å². The topological polar surface area (TPSA) is 73.1 Å². The number of aliphatic hydroxyl groups is 1. The van der Waals surface area contributed by atoms with Crippen molar-refractivity contribution in [3.8, 4) is 11.9 Å². The molecule has 1 N–H and O–H groups in total. The van der Waals surface area contributed by atoms with E-state index >= 15 is 0 Å². The Kier molecular flexibility index (Phi) is 3.34. The molecule has 2 aromatic heterocycles. The standard InChI is InChI=1S/C11H14N4O2/c1-3-9-4-8(6-16)5-10(13-9)17-11-12-7-15(2)14-11/h4-5,7,16H,3,6H2,1-2H3. The highest BCUT2D eigenvalue weighted by Crippen LogP contribution is 2.18. The number of nitrogens with zero attached hydrogens (tertiary/aromatic N) is 4. The maximum atomic E-state index is 9.13. The molecule has 0 spiro atoms. The number of aliphatic hydroxyl groups excluding tert-OH is 1. The summed E-state index contributed by atoms with van der Waals surface area (Å²) in [6.07, 6.45) is 2.33. The largest absolute Gasteiger partial charge is 0.404 e. The first kappa shape index (κ1) is 11.5. The maximum Gasteiger partial charge on any atom is 0.342 e. The van der Waals surface area contributed by atoms with Crippen LogP contribution in [0.3, 0.4) is 0 Å². The van der Waals surface area contributed by atoms with Gasteiger partial charge in [-0.2, -0.15) is 4.98 Å². The minimum Gasteiger partial charge on any atom is -0.404 e. The molecule has 2 aromatic rings. The summed E-state index contributed by atoms with van der Waals surface area (Å²) >= 11 is 0. The maximum absolute atomic E-state index is 9.13. The van der Waals surface area contributed by atoms with Crippen molar-refractivity contribution < 1.29 is 9.84 Å². The van der Waals surface area contributed by atoms with Gasteiger partial charge in [0.1, 0.15) is 6.33 Å². The average molecular weight is 234 g/mol. The number of aryl methyl sites for hydroxylation is 2. The Morgan fingerprint density at radius 3 is 2.82 bits per heavy atom. The average Bonchev–Trinajstić information content (AvgIpc) is 2.74. The first-order valence-electron chi connectivity index (χ1n) is 5.35. The lowest BCUT2D eigenvalue weighted by molar-refractivity contribution is 0.280. The zero-order valence-corrected chi connectivity index (χ0v) is 9.79. The van der Waals surface area contributed by atoms with Crippen molar-refractivity contribution in [1.29, 1.82) is 0 Å². The molecule has 90 valence electrons. The molecule has 0 saturated heterocycles. The monoisotopic (exact) mass is 234 g/mol. The molecule has 0 aliphatic rings. The molecule has 0 amide bonds. The van der Waals surface area contributed by atoms with E-state index in [2.05, 4.69) is 15.1 Å². The highest BCUT2D eigenvalue weighted by atomic mass is 16.5. The van der Waals surface area contributed by atoms with Crippen molar-refractivity contribution in [3.05, 3.63) is 29.7 Å². The van der Waals surface area contributed by atoms with E-state index in [1.807, 2.05) is 13.0 Å². The zero-order valence-electron chi connectivity index (χ0n) is 9.79. The summed E-state index contributed by atoms with van der Waals surface area (Å²) in [5.74, 6) is 0.402. The third kappa shape index (κ3) is 2.79. The molecule has 0 radical (unpaired) electrons. The summed E-state index contributed by atoms with van der Waals surface area (Å²) in [5, 5.41) is 13.1. The fourth-order valence-electron chi connectivity index (χ4n) is 1.40. The van der Waals surface area contributed by atoms with Crippen LogP contribution in [-0.2, 0) is 20.1 Å². The van der Waals surface area contributed by atoms with Gasteiger partial charge >= 0.3 is 6.01 Å². The Morgan fingerprint density at radius 1 is 1.41 bits per heavy atom. The van der Waals surface area contributed by atoms with Crippen LogP contribution < -0.4 is 4.74 Å². The van der Waals surface area contributed by atoms with E-state index in [4.69, 9.17) is 9.84 Å². The summed E-state index contributed by atoms with van der Waals surface area (Å²) in [5.41, 5.74) is 1.63. The second-order valence-corrected chi connectivity index (χ2v) is 3.62. The van der Waals surface area contributed by atoms with Gasteiger partial charge in [0.2, 0.25) is 5.88 Å². The van der Waals surface area contributed by atoms with E-state index in [0.29, 0.717) is 5.88 Å². The Bertz CT molecular complexity index is 488. The molecule has 0 unspecified atom stereocenters. The summed E-state index contributed by atoms with van der Waals surface area (Å²) in [6.45, 7) is 1.95. The number of hydrogen-bond donors (Lipinski definition) is 1. The van der Waals surface area contributed by atoms with Crippen molar-refractivity contribution in [2.75, 3.05) is 0 Å². The Morgan fingerprint density at radius 2 is 2.24 bits per heavy atom. The van der Waals surface area contributed by atoms with Gasteiger partial charge in [-0.25, -0.2) is 4.98 Å². The van der Waals surface area contributed by atoms with Crippen LogP contribution in [0.25, 0.3) is 0 Å². The first-order chi connectivity index (χ1) is 8.21. The summed E-state index contributed by atoms with van der Waals surface area (Å²) < 4.78 is 6.97. The molecule has 0 atom stereocenters. The number of hydrogen-bond acceptors (Lipinski definition) is 5. The summed E-state index contributed by atoms with van der Waals surface area (Å²) in [7, 11) is 1.76. The zero-order chi connectivity index (χ0) is 12.3. The molecular formula is C11H14N4O2. The van der Waals surface area contributed by atoms with E-state index in [0.717, 1.165) is 17.7 Å². The molecule has 0 bridgehead atoms. The normalized spacial score (nSPS) is 10.5. The quantitative estimate of drug-likeness (QED) is 0.856. The predicted octanol–water partition coefficient (Wildman–Crippen LogP) is 1.06. The van der Waals surface area contributed by atoms with Crippen LogP contribution in [0.2, 0.25) is 0 Å². The molecule has 6 heteroatoms.